The SMILES string of the molecule is CC(C)[C@@]12C[C@@H](OC(=O)C(C)(C)C)C(C)(O1)[C@@H]1CC[C@H](O)[C@H]1[C@@H]2O. The largest absolute Gasteiger partial charge is 0.459 e. The molecule has 0 amide bonds. The summed E-state index contributed by atoms with van der Waals surface area (Å²) in [6, 6.07) is 0. The van der Waals surface area contributed by atoms with Gasteiger partial charge in [0.15, 0.2) is 0 Å². The molecule has 1 aliphatic carbocycles. The predicted octanol–water partition coefficient (Wildman–Crippen LogP) is 2.28. The summed E-state index contributed by atoms with van der Waals surface area (Å²) in [4.78, 5) is 12.5. The van der Waals surface area contributed by atoms with E-state index in [1.165, 1.54) is 0 Å². The molecule has 3 fully saturated rings. The van der Waals surface area contributed by atoms with Gasteiger partial charge in [-0.15, -0.1) is 0 Å². The van der Waals surface area contributed by atoms with E-state index >= 15 is 0 Å². The van der Waals surface area contributed by atoms with Crippen LogP contribution in [0.25, 0.3) is 0 Å². The van der Waals surface area contributed by atoms with E-state index in [9.17, 15) is 15.0 Å². The van der Waals surface area contributed by atoms with Crippen molar-refractivity contribution in [2.75, 3.05) is 0 Å². The normalized spacial score (nSPS) is 47.8. The number of fused-ring (bicyclic) bond motifs is 4. The maximum absolute atomic E-state index is 12.5. The van der Waals surface area contributed by atoms with Crippen molar-refractivity contribution in [3.63, 3.8) is 0 Å². The Labute approximate surface area is 144 Å². The van der Waals surface area contributed by atoms with Gasteiger partial charge >= 0.3 is 5.97 Å². The van der Waals surface area contributed by atoms with E-state index in [0.717, 1.165) is 6.42 Å². The van der Waals surface area contributed by atoms with Crippen LogP contribution in [0.2, 0.25) is 0 Å². The number of aliphatic hydroxyl groups excluding tert-OH is 2. The molecule has 1 saturated carbocycles. The van der Waals surface area contributed by atoms with Gasteiger partial charge in [-0.25, -0.2) is 0 Å². The van der Waals surface area contributed by atoms with Crippen LogP contribution in [-0.2, 0) is 14.3 Å². The lowest BCUT2D eigenvalue weighted by Gasteiger charge is -2.51. The number of carbonyl (C=O) groups excluding carboxylic acids is 1. The lowest BCUT2D eigenvalue weighted by atomic mass is 9.71. The fourth-order valence-electron chi connectivity index (χ4n) is 5.09. The molecule has 5 heteroatoms. The highest BCUT2D eigenvalue weighted by Gasteiger charge is 2.71. The average Bonchev–Trinajstić information content (AvgIpc) is 2.96. The third kappa shape index (κ3) is 2.35. The van der Waals surface area contributed by atoms with Crippen molar-refractivity contribution < 1.29 is 24.5 Å². The second-order valence-electron chi connectivity index (χ2n) is 9.52. The summed E-state index contributed by atoms with van der Waals surface area (Å²) < 4.78 is 12.4. The zero-order valence-electron chi connectivity index (χ0n) is 15.7. The molecule has 2 heterocycles. The first-order chi connectivity index (χ1) is 10.9. The maximum atomic E-state index is 12.5. The van der Waals surface area contributed by atoms with Crippen LogP contribution in [0.3, 0.4) is 0 Å². The van der Waals surface area contributed by atoms with Crippen molar-refractivity contribution in [3.05, 3.63) is 0 Å². The Kier molecular flexibility index (Phi) is 4.10. The summed E-state index contributed by atoms with van der Waals surface area (Å²) in [6.45, 7) is 11.6. The minimum atomic E-state index is -0.760. The molecule has 0 aromatic rings. The molecule has 24 heavy (non-hydrogen) atoms. The first kappa shape index (κ1) is 18.2. The zero-order valence-corrected chi connectivity index (χ0v) is 15.7. The molecule has 138 valence electrons. The summed E-state index contributed by atoms with van der Waals surface area (Å²) in [7, 11) is 0. The van der Waals surface area contributed by atoms with Gasteiger partial charge in [0.05, 0.1) is 17.6 Å². The van der Waals surface area contributed by atoms with E-state index in [4.69, 9.17) is 9.47 Å². The fourth-order valence-corrected chi connectivity index (χ4v) is 5.09. The van der Waals surface area contributed by atoms with Gasteiger partial charge in [-0.3, -0.25) is 4.79 Å². The van der Waals surface area contributed by atoms with Crippen LogP contribution in [0.4, 0.5) is 0 Å². The number of esters is 1. The zero-order chi connectivity index (χ0) is 18.1. The van der Waals surface area contributed by atoms with Gasteiger partial charge in [0.1, 0.15) is 17.3 Å². The van der Waals surface area contributed by atoms with Crippen molar-refractivity contribution in [3.8, 4) is 0 Å². The Morgan fingerprint density at radius 2 is 1.88 bits per heavy atom. The Morgan fingerprint density at radius 3 is 2.42 bits per heavy atom. The Morgan fingerprint density at radius 1 is 1.25 bits per heavy atom. The van der Waals surface area contributed by atoms with Crippen LogP contribution in [-0.4, -0.2) is 45.7 Å². The minimum absolute atomic E-state index is 0.00893. The van der Waals surface area contributed by atoms with Crippen LogP contribution in [0.5, 0.6) is 0 Å². The molecule has 2 N–H and O–H groups in total. The lowest BCUT2D eigenvalue weighted by molar-refractivity contribution is -0.263. The summed E-state index contributed by atoms with van der Waals surface area (Å²) in [6.07, 6.45) is 0.317. The highest BCUT2D eigenvalue weighted by atomic mass is 16.6. The second-order valence-corrected chi connectivity index (χ2v) is 9.52. The number of rotatable bonds is 2. The highest BCUT2D eigenvalue weighted by Crippen LogP contribution is 2.61. The first-order valence-corrected chi connectivity index (χ1v) is 9.21. The van der Waals surface area contributed by atoms with Crippen LogP contribution >= 0.6 is 0 Å². The van der Waals surface area contributed by atoms with Gasteiger partial charge in [-0.05, 0) is 52.4 Å². The van der Waals surface area contributed by atoms with Gasteiger partial charge in [-0.1, -0.05) is 13.8 Å². The number of hydrogen-bond acceptors (Lipinski definition) is 5. The van der Waals surface area contributed by atoms with Crippen LogP contribution in [0, 0.1) is 23.2 Å². The number of hydrogen-bond donors (Lipinski definition) is 2. The number of aliphatic hydroxyl groups is 2. The Bertz CT molecular complexity index is 524. The van der Waals surface area contributed by atoms with Crippen molar-refractivity contribution >= 4 is 5.97 Å². The van der Waals surface area contributed by atoms with Gasteiger partial charge in [0.25, 0.3) is 0 Å². The molecule has 0 aromatic carbocycles. The molecule has 2 saturated heterocycles. The number of carbonyl (C=O) groups is 1. The summed E-state index contributed by atoms with van der Waals surface area (Å²) in [5.74, 6) is -0.369. The summed E-state index contributed by atoms with van der Waals surface area (Å²) in [5.41, 5.74) is -1.98. The molecule has 3 rings (SSSR count). The smallest absolute Gasteiger partial charge is 0.311 e. The molecule has 3 aliphatic rings. The van der Waals surface area contributed by atoms with Gasteiger partial charge in [-0.2, -0.15) is 0 Å². The Hall–Kier alpha value is -0.650. The van der Waals surface area contributed by atoms with Gasteiger partial charge in [0.2, 0.25) is 0 Å². The van der Waals surface area contributed by atoms with Crippen molar-refractivity contribution in [1.29, 1.82) is 0 Å². The third-order valence-electron chi connectivity index (χ3n) is 6.68. The molecular weight excluding hydrogens is 308 g/mol. The van der Waals surface area contributed by atoms with Crippen molar-refractivity contribution in [1.82, 2.24) is 0 Å². The quantitative estimate of drug-likeness (QED) is 0.754. The van der Waals surface area contributed by atoms with E-state index in [-0.39, 0.29) is 29.8 Å². The standard InChI is InChI=1S/C19H32O5/c1-10(2)19-9-13(23-16(22)17(3,4)5)18(6,24-19)11-7-8-12(20)14(11)15(19)21/h10-15,20-21H,7-9H2,1-6H3/t11-,12+,13-,14+,15+,18?,19-/m1/s1. The average molecular weight is 340 g/mol. The monoisotopic (exact) mass is 340 g/mol. The van der Waals surface area contributed by atoms with Crippen molar-refractivity contribution in [2.24, 2.45) is 23.2 Å². The number of ether oxygens (including phenoxy) is 2. The highest BCUT2D eigenvalue weighted by molar-refractivity contribution is 5.75. The summed E-state index contributed by atoms with van der Waals surface area (Å²) >= 11 is 0. The lowest BCUT2D eigenvalue weighted by Crippen LogP contribution is -2.62. The second kappa shape index (κ2) is 5.42. The predicted molar refractivity (Wildman–Crippen MR) is 89.2 cm³/mol. The molecular formula is C19H32O5. The van der Waals surface area contributed by atoms with Crippen molar-refractivity contribution in [2.45, 2.75) is 90.3 Å². The van der Waals surface area contributed by atoms with E-state index in [1.807, 2.05) is 41.5 Å². The fraction of sp³-hybridized carbons (Fsp3) is 0.947. The van der Waals surface area contributed by atoms with Gasteiger partial charge < -0.3 is 19.7 Å². The molecule has 0 radical (unpaired) electrons. The minimum Gasteiger partial charge on any atom is -0.459 e. The molecule has 2 aliphatic heterocycles. The van der Waals surface area contributed by atoms with Crippen LogP contribution in [0.15, 0.2) is 0 Å². The van der Waals surface area contributed by atoms with Crippen LogP contribution < -0.4 is 0 Å². The first-order valence-electron chi connectivity index (χ1n) is 9.21. The molecule has 0 spiro atoms. The van der Waals surface area contributed by atoms with E-state index in [2.05, 4.69) is 0 Å². The topological polar surface area (TPSA) is 76.0 Å². The van der Waals surface area contributed by atoms with Gasteiger partial charge in [0, 0.05) is 12.3 Å². The molecule has 5 nitrogen and oxygen atoms in total. The molecule has 1 unspecified atom stereocenters. The molecule has 0 aromatic heterocycles. The summed E-state index contributed by atoms with van der Waals surface area (Å²) in [5, 5.41) is 21.5. The van der Waals surface area contributed by atoms with E-state index in [1.54, 1.807) is 0 Å². The third-order valence-corrected chi connectivity index (χ3v) is 6.68. The van der Waals surface area contributed by atoms with E-state index < -0.39 is 28.8 Å². The van der Waals surface area contributed by atoms with E-state index in [0.29, 0.717) is 12.8 Å². The molecule has 2 bridgehead atoms. The maximum Gasteiger partial charge on any atom is 0.311 e. The van der Waals surface area contributed by atoms with Crippen LogP contribution in [0.1, 0.15) is 60.8 Å². The Balaban J connectivity index is 1.98. The molecule has 7 atom stereocenters.